The maximum Gasteiger partial charge on any atom is 0.328 e. The van der Waals surface area contributed by atoms with Crippen molar-refractivity contribution in [1.29, 1.82) is 0 Å². The molecule has 11 heteroatoms. The van der Waals surface area contributed by atoms with Crippen LogP contribution in [0.3, 0.4) is 0 Å². The van der Waals surface area contributed by atoms with E-state index in [1.54, 1.807) is 47.8 Å². The van der Waals surface area contributed by atoms with E-state index in [0.717, 1.165) is 34.4 Å². The van der Waals surface area contributed by atoms with Gasteiger partial charge in [-0.1, -0.05) is 0 Å². The molecule has 0 aliphatic heterocycles. The highest BCUT2D eigenvalue weighted by atomic mass is 32.2. The SMILES string of the molecule is NC(=O)CN(CCSc1ccc(O)cc1)CCSc1ccc(O)cc1.O=C(O)/C=C\C(=O)O. The minimum atomic E-state index is -1.26. The molecule has 0 bridgehead atoms. The molecule has 0 saturated carbocycles. The van der Waals surface area contributed by atoms with Gasteiger partial charge in [-0.2, -0.15) is 0 Å². The van der Waals surface area contributed by atoms with Crippen LogP contribution in [0.1, 0.15) is 0 Å². The molecule has 0 heterocycles. The average molecular weight is 495 g/mol. The van der Waals surface area contributed by atoms with Gasteiger partial charge in [0.1, 0.15) is 11.5 Å². The molecule has 0 radical (unpaired) electrons. The quantitative estimate of drug-likeness (QED) is 0.219. The fraction of sp³-hybridized carbons (Fsp3) is 0.227. The van der Waals surface area contributed by atoms with E-state index in [2.05, 4.69) is 0 Å². The Labute approximate surface area is 199 Å². The van der Waals surface area contributed by atoms with Crippen molar-refractivity contribution >= 4 is 41.4 Å². The predicted octanol–water partition coefficient (Wildman–Crippen LogP) is 2.48. The highest BCUT2D eigenvalue weighted by Crippen LogP contribution is 2.22. The molecule has 0 aliphatic carbocycles. The molecule has 0 saturated heterocycles. The van der Waals surface area contributed by atoms with Crippen LogP contribution in [0.5, 0.6) is 11.5 Å². The Bertz CT molecular complexity index is 852. The number of nitrogens with zero attached hydrogens (tertiary/aromatic N) is 1. The van der Waals surface area contributed by atoms with Gasteiger partial charge in [0.25, 0.3) is 0 Å². The summed E-state index contributed by atoms with van der Waals surface area (Å²) in [5, 5.41) is 34.2. The van der Waals surface area contributed by atoms with Crippen LogP contribution in [0, 0.1) is 0 Å². The largest absolute Gasteiger partial charge is 0.508 e. The van der Waals surface area contributed by atoms with Gasteiger partial charge in [0, 0.05) is 46.5 Å². The van der Waals surface area contributed by atoms with Crippen LogP contribution in [0.25, 0.3) is 0 Å². The second-order valence-corrected chi connectivity index (χ2v) is 8.77. The predicted molar refractivity (Wildman–Crippen MR) is 128 cm³/mol. The summed E-state index contributed by atoms with van der Waals surface area (Å²) in [6.07, 6.45) is 1.12. The van der Waals surface area contributed by atoms with Crippen LogP contribution in [0.2, 0.25) is 0 Å². The zero-order chi connectivity index (χ0) is 24.6. The van der Waals surface area contributed by atoms with Crippen LogP contribution >= 0.6 is 23.5 Å². The van der Waals surface area contributed by atoms with Gasteiger partial charge in [-0.05, 0) is 48.5 Å². The number of primary amides is 1. The Balaban J connectivity index is 0.000000582. The Hall–Kier alpha value is -3.15. The number of hydrogen-bond acceptors (Lipinski definition) is 8. The highest BCUT2D eigenvalue weighted by molar-refractivity contribution is 7.99. The molecule has 2 rings (SSSR count). The smallest absolute Gasteiger partial charge is 0.328 e. The van der Waals surface area contributed by atoms with Gasteiger partial charge in [-0.25, -0.2) is 9.59 Å². The van der Waals surface area contributed by atoms with Crippen molar-refractivity contribution in [2.24, 2.45) is 5.73 Å². The van der Waals surface area contributed by atoms with Crippen LogP contribution in [0.4, 0.5) is 0 Å². The summed E-state index contributed by atoms with van der Waals surface area (Å²) in [6.45, 7) is 1.75. The average Bonchev–Trinajstić information content (AvgIpc) is 2.75. The molecule has 0 aromatic heterocycles. The molecule has 178 valence electrons. The van der Waals surface area contributed by atoms with Crippen LogP contribution in [-0.4, -0.2) is 74.3 Å². The number of amides is 1. The van der Waals surface area contributed by atoms with Gasteiger partial charge in [-0.15, -0.1) is 23.5 Å². The zero-order valence-electron chi connectivity index (χ0n) is 17.7. The second-order valence-electron chi connectivity index (χ2n) is 6.44. The summed E-state index contributed by atoms with van der Waals surface area (Å²) in [5.74, 6) is -0.662. The van der Waals surface area contributed by atoms with Crippen molar-refractivity contribution in [3.05, 3.63) is 60.7 Å². The highest BCUT2D eigenvalue weighted by Gasteiger charge is 2.09. The molecule has 33 heavy (non-hydrogen) atoms. The molecule has 0 unspecified atom stereocenters. The number of rotatable bonds is 12. The van der Waals surface area contributed by atoms with Crippen molar-refractivity contribution in [3.8, 4) is 11.5 Å². The third-order valence-corrected chi connectivity index (χ3v) is 5.76. The number of phenolic OH excluding ortho intramolecular Hbond substituents is 2. The lowest BCUT2D eigenvalue weighted by Crippen LogP contribution is -2.36. The van der Waals surface area contributed by atoms with E-state index in [1.165, 1.54) is 0 Å². The standard InChI is InChI=1S/C18H22N2O3S2.C4H4O4/c19-18(23)13-20(9-11-24-16-5-1-14(21)2-6-16)10-12-25-17-7-3-15(22)4-8-17;5-3(6)1-2-4(7)8/h1-8,21-22H,9-13H2,(H2,19,23);1-2H,(H,5,6)(H,7,8)/b;2-1-. The summed E-state index contributed by atoms with van der Waals surface area (Å²) < 4.78 is 0. The fourth-order valence-corrected chi connectivity index (χ4v) is 4.13. The first kappa shape index (κ1) is 27.9. The van der Waals surface area contributed by atoms with Crippen LogP contribution in [0.15, 0.2) is 70.5 Å². The van der Waals surface area contributed by atoms with E-state index in [1.807, 2.05) is 29.2 Å². The number of carboxylic acid groups (broad SMARTS) is 2. The number of thioether (sulfide) groups is 2. The number of carbonyl (C=O) groups excluding carboxylic acids is 1. The molecule has 0 fully saturated rings. The number of hydrogen-bond donors (Lipinski definition) is 5. The molecule has 9 nitrogen and oxygen atoms in total. The molecule has 6 N–H and O–H groups in total. The molecule has 0 atom stereocenters. The van der Waals surface area contributed by atoms with Crippen molar-refractivity contribution in [2.45, 2.75) is 9.79 Å². The van der Waals surface area contributed by atoms with Crippen molar-refractivity contribution in [3.63, 3.8) is 0 Å². The van der Waals surface area contributed by atoms with Crippen molar-refractivity contribution < 1.29 is 34.8 Å². The molecule has 0 aliphatic rings. The first-order valence-corrected chi connectivity index (χ1v) is 11.6. The minimum Gasteiger partial charge on any atom is -0.508 e. The Kier molecular flexibility index (Phi) is 13.2. The summed E-state index contributed by atoms with van der Waals surface area (Å²) in [6, 6.07) is 14.2. The second kappa shape index (κ2) is 15.6. The minimum absolute atomic E-state index is 0.242. The lowest BCUT2D eigenvalue weighted by Gasteiger charge is -2.20. The van der Waals surface area contributed by atoms with E-state index in [-0.39, 0.29) is 24.0 Å². The normalized spacial score (nSPS) is 10.6. The number of aliphatic carboxylic acids is 2. The van der Waals surface area contributed by atoms with Crippen LogP contribution < -0.4 is 5.73 Å². The van der Waals surface area contributed by atoms with E-state index in [4.69, 9.17) is 15.9 Å². The monoisotopic (exact) mass is 494 g/mol. The lowest BCUT2D eigenvalue weighted by molar-refractivity contribution is -0.134. The fourth-order valence-electron chi connectivity index (χ4n) is 2.30. The topological polar surface area (TPSA) is 161 Å². The number of aromatic hydroxyl groups is 2. The van der Waals surface area contributed by atoms with Gasteiger partial charge >= 0.3 is 11.9 Å². The third kappa shape index (κ3) is 14.5. The van der Waals surface area contributed by atoms with Gasteiger partial charge in [-0.3, -0.25) is 9.69 Å². The molecular formula is C22H26N2O7S2. The first-order chi connectivity index (χ1) is 15.7. The van der Waals surface area contributed by atoms with Gasteiger partial charge in [0.05, 0.1) is 6.54 Å². The van der Waals surface area contributed by atoms with Gasteiger partial charge < -0.3 is 26.2 Å². The number of benzene rings is 2. The molecular weight excluding hydrogens is 468 g/mol. The van der Waals surface area contributed by atoms with Crippen molar-refractivity contribution in [2.75, 3.05) is 31.1 Å². The maximum absolute atomic E-state index is 11.3. The number of nitrogens with two attached hydrogens (primary N) is 1. The summed E-state index contributed by atoms with van der Waals surface area (Å²) in [4.78, 5) is 34.6. The summed E-state index contributed by atoms with van der Waals surface area (Å²) in [7, 11) is 0. The van der Waals surface area contributed by atoms with E-state index < -0.39 is 11.9 Å². The molecule has 2 aromatic carbocycles. The van der Waals surface area contributed by atoms with E-state index >= 15 is 0 Å². The van der Waals surface area contributed by atoms with E-state index in [9.17, 15) is 24.6 Å². The zero-order valence-corrected chi connectivity index (χ0v) is 19.3. The first-order valence-electron chi connectivity index (χ1n) is 9.64. The van der Waals surface area contributed by atoms with Crippen LogP contribution in [-0.2, 0) is 14.4 Å². The molecule has 0 spiro atoms. The van der Waals surface area contributed by atoms with Gasteiger partial charge in [0.2, 0.25) is 5.91 Å². The number of phenols is 2. The summed E-state index contributed by atoms with van der Waals surface area (Å²) >= 11 is 3.35. The Morgan fingerprint density at radius 2 is 1.12 bits per heavy atom. The summed E-state index contributed by atoms with van der Waals surface area (Å²) in [5.41, 5.74) is 5.34. The molecule has 1 amide bonds. The van der Waals surface area contributed by atoms with Gasteiger partial charge in [0.15, 0.2) is 0 Å². The molecule has 2 aromatic rings. The Morgan fingerprint density at radius 1 is 0.758 bits per heavy atom. The number of carboxylic acids is 2. The number of carbonyl (C=O) groups is 3. The van der Waals surface area contributed by atoms with Crippen molar-refractivity contribution in [1.82, 2.24) is 4.90 Å². The third-order valence-electron chi connectivity index (χ3n) is 3.77. The lowest BCUT2D eigenvalue weighted by atomic mass is 10.3. The Morgan fingerprint density at radius 3 is 1.42 bits per heavy atom. The maximum atomic E-state index is 11.3. The van der Waals surface area contributed by atoms with E-state index in [0.29, 0.717) is 12.2 Å².